The number of nitrogens with zero attached hydrogens (tertiary/aromatic N) is 1. The van der Waals surface area contributed by atoms with Crippen LogP contribution < -0.4 is 25.0 Å². The molecule has 7 nitrogen and oxygen atoms in total. The van der Waals surface area contributed by atoms with Crippen LogP contribution in [-0.2, 0) is 0 Å². The number of esters is 1. The monoisotopic (exact) mass is 449 g/mol. The summed E-state index contributed by atoms with van der Waals surface area (Å²) in [6.45, 7) is 2.45. The molecule has 3 aromatic rings. The van der Waals surface area contributed by atoms with Crippen LogP contribution in [0.15, 0.2) is 77.9 Å². The number of carbonyl (C=O) groups excluding carboxylic acids is 1. The van der Waals surface area contributed by atoms with Gasteiger partial charge in [-0.15, -0.1) is 0 Å². The number of para-hydroxylation sites is 1. The minimum absolute atomic E-state index is 0.303. The molecule has 0 fully saturated rings. The molecule has 0 saturated heterocycles. The van der Waals surface area contributed by atoms with Crippen LogP contribution in [0, 0.1) is 0 Å². The first-order valence-electron chi connectivity index (χ1n) is 9.87. The molecule has 0 amide bonds. The van der Waals surface area contributed by atoms with Crippen molar-refractivity contribution in [2.75, 3.05) is 19.0 Å². The molecule has 0 spiro atoms. The van der Waals surface area contributed by atoms with Crippen molar-refractivity contribution in [3.63, 3.8) is 0 Å². The second kappa shape index (κ2) is 11.5. The normalized spacial score (nSPS) is 10.4. The summed E-state index contributed by atoms with van der Waals surface area (Å²) in [7, 11) is 1.50. The summed E-state index contributed by atoms with van der Waals surface area (Å²) < 4.78 is 16.2. The maximum absolute atomic E-state index is 12.5. The van der Waals surface area contributed by atoms with Crippen molar-refractivity contribution in [2.24, 2.45) is 5.10 Å². The number of anilines is 1. The third-order valence-corrected chi connectivity index (χ3v) is 4.40. The van der Waals surface area contributed by atoms with Gasteiger partial charge in [0.15, 0.2) is 16.6 Å². The van der Waals surface area contributed by atoms with E-state index in [0.29, 0.717) is 34.5 Å². The highest BCUT2D eigenvalue weighted by Crippen LogP contribution is 2.28. The molecule has 164 valence electrons. The molecule has 0 unspecified atom stereocenters. The number of hydrazone groups is 1. The number of rotatable bonds is 8. The van der Waals surface area contributed by atoms with Crippen molar-refractivity contribution in [3.8, 4) is 17.2 Å². The van der Waals surface area contributed by atoms with Gasteiger partial charge in [-0.25, -0.2) is 4.79 Å². The Morgan fingerprint density at radius 2 is 1.78 bits per heavy atom. The Bertz CT molecular complexity index is 1090. The Hall–Kier alpha value is -3.91. The van der Waals surface area contributed by atoms with Gasteiger partial charge in [0, 0.05) is 5.69 Å². The van der Waals surface area contributed by atoms with E-state index in [1.165, 1.54) is 7.11 Å². The van der Waals surface area contributed by atoms with Crippen LogP contribution in [-0.4, -0.2) is 31.0 Å². The molecule has 0 saturated carbocycles. The third kappa shape index (κ3) is 6.55. The molecule has 0 aromatic heterocycles. The molecule has 0 atom stereocenters. The lowest BCUT2D eigenvalue weighted by molar-refractivity contribution is 0.0729. The van der Waals surface area contributed by atoms with Crippen molar-refractivity contribution in [1.29, 1.82) is 0 Å². The molecule has 0 aliphatic carbocycles. The minimum atomic E-state index is -0.494. The number of hydrogen-bond donors (Lipinski definition) is 2. The van der Waals surface area contributed by atoms with Crippen molar-refractivity contribution in [3.05, 3.63) is 83.9 Å². The van der Waals surface area contributed by atoms with E-state index in [1.807, 2.05) is 37.3 Å². The molecule has 2 N–H and O–H groups in total. The zero-order chi connectivity index (χ0) is 22.8. The highest BCUT2D eigenvalue weighted by Gasteiger charge is 2.13. The maximum Gasteiger partial charge on any atom is 0.343 e. The SMILES string of the molecule is CCOc1ccc(C(=O)Oc2ccc(/C=N/NC(=S)Nc3ccccc3)cc2OC)cc1. The van der Waals surface area contributed by atoms with Gasteiger partial charge in [-0.2, -0.15) is 5.10 Å². The topological polar surface area (TPSA) is 81.2 Å². The lowest BCUT2D eigenvalue weighted by Gasteiger charge is -2.10. The number of ether oxygens (including phenoxy) is 3. The first kappa shape index (κ1) is 22.8. The molecule has 0 aliphatic heterocycles. The summed E-state index contributed by atoms with van der Waals surface area (Å²) >= 11 is 5.21. The van der Waals surface area contributed by atoms with Crippen molar-refractivity contribution in [2.45, 2.75) is 6.92 Å². The Morgan fingerprint density at radius 3 is 2.47 bits per heavy atom. The van der Waals surface area contributed by atoms with Gasteiger partial charge in [0.25, 0.3) is 0 Å². The number of methoxy groups -OCH3 is 1. The van der Waals surface area contributed by atoms with E-state index in [0.717, 1.165) is 11.3 Å². The van der Waals surface area contributed by atoms with Crippen LogP contribution in [0.3, 0.4) is 0 Å². The number of nitrogens with one attached hydrogen (secondary N) is 2. The molecule has 3 rings (SSSR count). The summed E-state index contributed by atoms with van der Waals surface area (Å²) in [5.41, 5.74) is 4.76. The zero-order valence-electron chi connectivity index (χ0n) is 17.7. The van der Waals surface area contributed by atoms with E-state index >= 15 is 0 Å². The highest BCUT2D eigenvalue weighted by molar-refractivity contribution is 7.80. The largest absolute Gasteiger partial charge is 0.494 e. The lowest BCUT2D eigenvalue weighted by Crippen LogP contribution is -2.23. The highest BCUT2D eigenvalue weighted by atomic mass is 32.1. The van der Waals surface area contributed by atoms with E-state index in [1.54, 1.807) is 48.7 Å². The fourth-order valence-electron chi connectivity index (χ4n) is 2.71. The standard InChI is InChI=1S/C24H23N3O4S/c1-3-30-20-12-10-18(11-13-20)23(28)31-21-14-9-17(15-22(21)29-2)16-25-27-24(32)26-19-7-5-4-6-8-19/h4-16H,3H2,1-2H3,(H2,26,27,32)/b25-16+. The summed E-state index contributed by atoms with van der Waals surface area (Å²) in [6, 6.07) is 21.4. The van der Waals surface area contributed by atoms with Crippen LogP contribution >= 0.6 is 12.2 Å². The molecule has 0 heterocycles. The first-order chi connectivity index (χ1) is 15.6. The van der Waals surface area contributed by atoms with Crippen LogP contribution in [0.25, 0.3) is 0 Å². The van der Waals surface area contributed by atoms with Gasteiger partial charge in [0.05, 0.1) is 25.5 Å². The molecule has 8 heteroatoms. The smallest absolute Gasteiger partial charge is 0.343 e. The Morgan fingerprint density at radius 1 is 1.03 bits per heavy atom. The van der Waals surface area contributed by atoms with E-state index in [-0.39, 0.29) is 0 Å². The zero-order valence-corrected chi connectivity index (χ0v) is 18.5. The van der Waals surface area contributed by atoms with Crippen molar-refractivity contribution in [1.82, 2.24) is 5.43 Å². The van der Waals surface area contributed by atoms with Gasteiger partial charge < -0.3 is 19.5 Å². The predicted molar refractivity (Wildman–Crippen MR) is 129 cm³/mol. The van der Waals surface area contributed by atoms with Crippen molar-refractivity contribution < 1.29 is 19.0 Å². The summed E-state index contributed by atoms with van der Waals surface area (Å²) in [6.07, 6.45) is 1.58. The van der Waals surface area contributed by atoms with Gasteiger partial charge in [-0.1, -0.05) is 18.2 Å². The van der Waals surface area contributed by atoms with Gasteiger partial charge in [-0.3, -0.25) is 5.43 Å². The Labute approximate surface area is 192 Å². The molecular weight excluding hydrogens is 426 g/mol. The van der Waals surface area contributed by atoms with Crippen molar-refractivity contribution >= 4 is 35.2 Å². The van der Waals surface area contributed by atoms with E-state index in [9.17, 15) is 4.79 Å². The molecule has 0 aliphatic rings. The third-order valence-electron chi connectivity index (χ3n) is 4.20. The number of thiocarbonyl (C=S) groups is 1. The minimum Gasteiger partial charge on any atom is -0.494 e. The maximum atomic E-state index is 12.5. The molecule has 3 aromatic carbocycles. The quantitative estimate of drug-likeness (QED) is 0.171. The molecule has 32 heavy (non-hydrogen) atoms. The van der Waals surface area contributed by atoms with Gasteiger partial charge >= 0.3 is 5.97 Å². The van der Waals surface area contributed by atoms with Crippen LogP contribution in [0.2, 0.25) is 0 Å². The first-order valence-corrected chi connectivity index (χ1v) is 10.3. The van der Waals surface area contributed by atoms with Gasteiger partial charge in [0.1, 0.15) is 5.75 Å². The number of hydrogen-bond acceptors (Lipinski definition) is 6. The second-order valence-electron chi connectivity index (χ2n) is 6.45. The fraction of sp³-hybridized carbons (Fsp3) is 0.125. The van der Waals surface area contributed by atoms with Crippen LogP contribution in [0.4, 0.5) is 5.69 Å². The average molecular weight is 450 g/mol. The molecule has 0 radical (unpaired) electrons. The number of carbonyl (C=O) groups is 1. The van der Waals surface area contributed by atoms with Crippen LogP contribution in [0.5, 0.6) is 17.2 Å². The van der Waals surface area contributed by atoms with Gasteiger partial charge in [0.2, 0.25) is 0 Å². The van der Waals surface area contributed by atoms with E-state index < -0.39 is 5.97 Å². The van der Waals surface area contributed by atoms with E-state index in [4.69, 9.17) is 26.4 Å². The Balaban J connectivity index is 1.60. The summed E-state index contributed by atoms with van der Waals surface area (Å²) in [5.74, 6) is 0.903. The summed E-state index contributed by atoms with van der Waals surface area (Å²) in [4.78, 5) is 12.5. The van der Waals surface area contributed by atoms with Gasteiger partial charge in [-0.05, 0) is 79.3 Å². The number of benzene rings is 3. The second-order valence-corrected chi connectivity index (χ2v) is 6.86. The lowest BCUT2D eigenvalue weighted by atomic mass is 10.2. The molecular formula is C24H23N3O4S. The Kier molecular flexibility index (Phi) is 8.16. The van der Waals surface area contributed by atoms with Crippen LogP contribution in [0.1, 0.15) is 22.8 Å². The molecule has 0 bridgehead atoms. The average Bonchev–Trinajstić information content (AvgIpc) is 2.81. The summed E-state index contributed by atoms with van der Waals surface area (Å²) in [5, 5.41) is 7.51. The fourth-order valence-corrected chi connectivity index (χ4v) is 2.88. The van der Waals surface area contributed by atoms with E-state index in [2.05, 4.69) is 15.8 Å². The predicted octanol–water partition coefficient (Wildman–Crippen LogP) is 4.63.